The van der Waals surface area contributed by atoms with Crippen LogP contribution < -0.4 is 32.5 Å². The normalized spacial score (nSPS) is 11.2. The first kappa shape index (κ1) is 30.0. The maximum Gasteiger partial charge on any atom is 0.325 e. The zero-order valence-electron chi connectivity index (χ0n) is 22.9. The molecule has 0 spiro atoms. The first-order valence-corrected chi connectivity index (χ1v) is 13.0. The number of aliphatic carboxylic acids is 1. The number of anilines is 3. The summed E-state index contributed by atoms with van der Waals surface area (Å²) >= 11 is 0. The van der Waals surface area contributed by atoms with Crippen molar-refractivity contribution in [2.75, 3.05) is 16.0 Å². The molecule has 4 amide bonds. The Morgan fingerprint density at radius 2 is 1.49 bits per heavy atom. The summed E-state index contributed by atoms with van der Waals surface area (Å²) in [7, 11) is 0. The summed E-state index contributed by atoms with van der Waals surface area (Å²) < 4.78 is 0. The van der Waals surface area contributed by atoms with Crippen molar-refractivity contribution in [3.05, 3.63) is 122 Å². The lowest BCUT2D eigenvalue weighted by atomic mass is 10.0. The van der Waals surface area contributed by atoms with Gasteiger partial charge in [-0.3, -0.25) is 24.2 Å². The van der Waals surface area contributed by atoms with Crippen LogP contribution >= 0.6 is 0 Å². The minimum atomic E-state index is -1.19. The number of amides is 4. The Hall–Kier alpha value is -5.98. The zero-order chi connectivity index (χ0) is 30.9. The van der Waals surface area contributed by atoms with E-state index in [1.54, 1.807) is 54.6 Å². The van der Waals surface area contributed by atoms with E-state index >= 15 is 0 Å². The minimum Gasteiger partial charge on any atom is -0.481 e. The Morgan fingerprint density at radius 1 is 0.837 bits per heavy atom. The molecular weight excluding hydrogens is 556 g/mol. The quantitative estimate of drug-likeness (QED) is 0.148. The van der Waals surface area contributed by atoms with Crippen molar-refractivity contribution < 1.29 is 24.3 Å². The maximum absolute atomic E-state index is 12.6. The number of para-hydroxylation sites is 1. The van der Waals surface area contributed by atoms with Crippen LogP contribution in [-0.4, -0.2) is 38.9 Å². The van der Waals surface area contributed by atoms with Gasteiger partial charge < -0.3 is 31.4 Å². The fourth-order valence-electron chi connectivity index (χ4n) is 4.13. The third kappa shape index (κ3) is 8.50. The second-order valence-corrected chi connectivity index (χ2v) is 9.55. The molecule has 0 aliphatic rings. The van der Waals surface area contributed by atoms with E-state index in [2.05, 4.69) is 26.3 Å². The molecule has 0 bridgehead atoms. The van der Waals surface area contributed by atoms with Crippen LogP contribution in [0.5, 0.6) is 0 Å². The molecule has 0 unspecified atom stereocenters. The predicted molar refractivity (Wildman–Crippen MR) is 159 cm³/mol. The number of urea groups is 1. The highest BCUT2D eigenvalue weighted by Gasteiger charge is 2.21. The molecule has 13 nitrogen and oxygen atoms in total. The third-order valence-electron chi connectivity index (χ3n) is 6.31. The second kappa shape index (κ2) is 13.6. The van der Waals surface area contributed by atoms with Crippen molar-refractivity contribution in [2.45, 2.75) is 25.8 Å². The van der Waals surface area contributed by atoms with E-state index in [4.69, 9.17) is 0 Å². The first-order valence-electron chi connectivity index (χ1n) is 13.0. The van der Waals surface area contributed by atoms with Crippen molar-refractivity contribution >= 4 is 40.9 Å². The molecule has 0 aliphatic carbocycles. The van der Waals surface area contributed by atoms with Gasteiger partial charge in [-0.05, 0) is 53.9 Å². The standard InChI is InChI=1S/C30H28N6O7/c1-17-4-2-3-5-23(17)35-30(43)33-21-10-6-18(7-11-21)14-25(37)32-20-12-8-19(9-13-20)24(15-26(38)39)34-27(40)22-16-31-29(42)36-28(22)41/h2-13,16,24H,14-15H2,1H3,(H,32,37)(H,34,40)(H,38,39)(H2,33,35,43)(H2,31,36,41,42)/t24-/m1/s1. The highest BCUT2D eigenvalue weighted by molar-refractivity contribution is 6.00. The molecule has 1 aromatic heterocycles. The van der Waals surface area contributed by atoms with Crippen LogP contribution in [0.4, 0.5) is 21.9 Å². The number of aryl methyl sites for hydroxylation is 1. The Labute approximate surface area is 244 Å². The van der Waals surface area contributed by atoms with Crippen molar-refractivity contribution in [3.63, 3.8) is 0 Å². The molecule has 7 N–H and O–H groups in total. The highest BCUT2D eigenvalue weighted by Crippen LogP contribution is 2.21. The maximum atomic E-state index is 12.6. The molecule has 3 aromatic carbocycles. The minimum absolute atomic E-state index is 0.0584. The number of carboxylic acids is 1. The monoisotopic (exact) mass is 584 g/mol. The van der Waals surface area contributed by atoms with Crippen molar-refractivity contribution in [2.24, 2.45) is 0 Å². The number of carboxylic acid groups (broad SMARTS) is 1. The number of nitrogens with one attached hydrogen (secondary N) is 6. The molecule has 0 saturated heterocycles. The van der Waals surface area contributed by atoms with Crippen LogP contribution in [0.3, 0.4) is 0 Å². The summed E-state index contributed by atoms with van der Waals surface area (Å²) in [5.41, 5.74) is 1.68. The van der Waals surface area contributed by atoms with E-state index in [0.717, 1.165) is 11.8 Å². The number of aromatic nitrogens is 2. The Morgan fingerprint density at radius 3 is 2.14 bits per heavy atom. The largest absolute Gasteiger partial charge is 0.481 e. The lowest BCUT2D eigenvalue weighted by Crippen LogP contribution is -2.36. The number of hydrogen-bond donors (Lipinski definition) is 7. The molecule has 0 aliphatic heterocycles. The summed E-state index contributed by atoms with van der Waals surface area (Å²) in [5.74, 6) is -2.36. The summed E-state index contributed by atoms with van der Waals surface area (Å²) in [6.45, 7) is 1.89. The molecule has 4 aromatic rings. The van der Waals surface area contributed by atoms with Crippen molar-refractivity contribution in [1.82, 2.24) is 15.3 Å². The molecular formula is C30H28N6O7. The molecule has 0 saturated carbocycles. The molecule has 1 heterocycles. The highest BCUT2D eigenvalue weighted by atomic mass is 16.4. The van der Waals surface area contributed by atoms with Gasteiger partial charge in [0.15, 0.2) is 0 Å². The molecule has 0 radical (unpaired) electrons. The fraction of sp³-hybridized carbons (Fsp3) is 0.133. The average molecular weight is 585 g/mol. The Balaban J connectivity index is 1.33. The smallest absolute Gasteiger partial charge is 0.325 e. The topological polar surface area (TPSA) is 202 Å². The second-order valence-electron chi connectivity index (χ2n) is 9.55. The lowest BCUT2D eigenvalue weighted by Gasteiger charge is -2.18. The van der Waals surface area contributed by atoms with E-state index < -0.39 is 41.6 Å². The Bertz CT molecular complexity index is 1760. The number of carbonyl (C=O) groups excluding carboxylic acids is 3. The SMILES string of the molecule is Cc1ccccc1NC(=O)Nc1ccc(CC(=O)Nc2ccc([C@@H](CC(=O)O)NC(=O)c3c[nH]c(=O)[nH]c3=O)cc2)cc1. The number of rotatable bonds is 10. The van der Waals surface area contributed by atoms with E-state index in [1.807, 2.05) is 30.1 Å². The van der Waals surface area contributed by atoms with Gasteiger partial charge in [0.25, 0.3) is 11.5 Å². The van der Waals surface area contributed by atoms with Crippen molar-refractivity contribution in [1.29, 1.82) is 0 Å². The van der Waals surface area contributed by atoms with E-state index in [1.165, 1.54) is 0 Å². The fourth-order valence-corrected chi connectivity index (χ4v) is 4.13. The van der Waals surface area contributed by atoms with Crippen LogP contribution in [0.15, 0.2) is 88.6 Å². The van der Waals surface area contributed by atoms with E-state index in [0.29, 0.717) is 28.2 Å². The van der Waals surface area contributed by atoms with Gasteiger partial charge in [-0.1, -0.05) is 42.5 Å². The lowest BCUT2D eigenvalue weighted by molar-refractivity contribution is -0.137. The van der Waals surface area contributed by atoms with Gasteiger partial charge in [0.1, 0.15) is 5.56 Å². The summed E-state index contributed by atoms with van der Waals surface area (Å²) in [6, 6.07) is 19.0. The van der Waals surface area contributed by atoms with Gasteiger partial charge >= 0.3 is 17.7 Å². The molecule has 13 heteroatoms. The predicted octanol–water partition coefficient (Wildman–Crippen LogP) is 3.14. The molecule has 220 valence electrons. The third-order valence-corrected chi connectivity index (χ3v) is 6.31. The van der Waals surface area contributed by atoms with Crippen LogP contribution in [0, 0.1) is 6.92 Å². The van der Waals surface area contributed by atoms with Crippen LogP contribution in [0.2, 0.25) is 0 Å². The number of benzene rings is 3. The number of carbonyl (C=O) groups is 4. The van der Waals surface area contributed by atoms with Crippen molar-refractivity contribution in [3.8, 4) is 0 Å². The van der Waals surface area contributed by atoms with Gasteiger partial charge in [0.2, 0.25) is 5.91 Å². The van der Waals surface area contributed by atoms with Gasteiger partial charge in [-0.2, -0.15) is 0 Å². The number of aromatic amines is 2. The summed E-state index contributed by atoms with van der Waals surface area (Å²) in [4.78, 5) is 76.1. The van der Waals surface area contributed by atoms with Gasteiger partial charge in [0.05, 0.1) is 18.9 Å². The molecule has 1 atom stereocenters. The number of hydrogen-bond acceptors (Lipinski definition) is 6. The van der Waals surface area contributed by atoms with E-state index in [9.17, 15) is 33.9 Å². The van der Waals surface area contributed by atoms with Crippen LogP contribution in [0.1, 0.15) is 39.5 Å². The average Bonchev–Trinajstić information content (AvgIpc) is 2.95. The van der Waals surface area contributed by atoms with Gasteiger partial charge in [0, 0.05) is 23.3 Å². The van der Waals surface area contributed by atoms with E-state index in [-0.39, 0.29) is 17.9 Å². The number of H-pyrrole nitrogens is 2. The Kier molecular flexibility index (Phi) is 9.48. The van der Waals surface area contributed by atoms with Crippen LogP contribution in [-0.2, 0) is 16.0 Å². The van der Waals surface area contributed by atoms with Crippen LogP contribution in [0.25, 0.3) is 0 Å². The van der Waals surface area contributed by atoms with Gasteiger partial charge in [-0.15, -0.1) is 0 Å². The first-order chi connectivity index (χ1) is 20.6. The summed E-state index contributed by atoms with van der Waals surface area (Å²) in [6.07, 6.45) is 0.528. The molecule has 43 heavy (non-hydrogen) atoms. The zero-order valence-corrected chi connectivity index (χ0v) is 22.9. The molecule has 4 rings (SSSR count). The molecule has 0 fully saturated rings. The van der Waals surface area contributed by atoms with Gasteiger partial charge in [-0.25, -0.2) is 9.59 Å². The summed E-state index contributed by atoms with van der Waals surface area (Å²) in [5, 5.41) is 20.1.